The molecule has 0 aliphatic heterocycles. The Kier molecular flexibility index (Phi) is 7.34. The van der Waals surface area contributed by atoms with Crippen molar-refractivity contribution in [2.24, 2.45) is 0 Å². The maximum absolute atomic E-state index is 13.2. The molecule has 0 fully saturated rings. The third-order valence-electron chi connectivity index (χ3n) is 5.92. The molecule has 0 spiro atoms. The molecule has 0 aliphatic rings. The SMILES string of the molecule is COC[C@@H](C)n1c(C)cc(C(=O)CSc2nnc(-c3ccccc3)n2-c2ccc(C)cc2)c1C. The molecule has 0 amide bonds. The van der Waals surface area contributed by atoms with Crippen LogP contribution in [0.3, 0.4) is 0 Å². The van der Waals surface area contributed by atoms with Gasteiger partial charge in [0.2, 0.25) is 0 Å². The summed E-state index contributed by atoms with van der Waals surface area (Å²) in [5.41, 5.74) is 5.90. The number of ether oxygens (including phenoxy) is 1. The minimum Gasteiger partial charge on any atom is -0.383 e. The number of nitrogens with zero attached hydrogens (tertiary/aromatic N) is 4. The van der Waals surface area contributed by atoms with Gasteiger partial charge in [-0.3, -0.25) is 9.36 Å². The predicted molar refractivity (Wildman–Crippen MR) is 137 cm³/mol. The Morgan fingerprint density at radius 3 is 2.41 bits per heavy atom. The van der Waals surface area contributed by atoms with Crippen LogP contribution >= 0.6 is 11.8 Å². The van der Waals surface area contributed by atoms with Gasteiger partial charge in [0.05, 0.1) is 18.4 Å². The van der Waals surface area contributed by atoms with Gasteiger partial charge < -0.3 is 9.30 Å². The van der Waals surface area contributed by atoms with Crippen LogP contribution in [0.4, 0.5) is 0 Å². The average Bonchev–Trinajstić information content (AvgIpc) is 3.39. The first-order chi connectivity index (χ1) is 16.4. The second-order valence-electron chi connectivity index (χ2n) is 8.51. The van der Waals surface area contributed by atoms with Gasteiger partial charge in [-0.2, -0.15) is 0 Å². The van der Waals surface area contributed by atoms with Crippen LogP contribution in [0.2, 0.25) is 0 Å². The van der Waals surface area contributed by atoms with Gasteiger partial charge in [0, 0.05) is 35.3 Å². The van der Waals surface area contributed by atoms with Gasteiger partial charge in [-0.25, -0.2) is 0 Å². The Hall–Kier alpha value is -3.16. The van der Waals surface area contributed by atoms with E-state index in [0.29, 0.717) is 11.8 Å². The lowest BCUT2D eigenvalue weighted by Crippen LogP contribution is -2.14. The van der Waals surface area contributed by atoms with Crippen molar-refractivity contribution in [3.8, 4) is 17.1 Å². The Morgan fingerprint density at radius 2 is 1.74 bits per heavy atom. The van der Waals surface area contributed by atoms with Crippen molar-refractivity contribution in [1.29, 1.82) is 0 Å². The van der Waals surface area contributed by atoms with Crippen molar-refractivity contribution in [3.05, 3.63) is 83.2 Å². The zero-order valence-corrected chi connectivity index (χ0v) is 21.1. The van der Waals surface area contributed by atoms with Crippen molar-refractivity contribution >= 4 is 17.5 Å². The Balaban J connectivity index is 1.63. The van der Waals surface area contributed by atoms with Gasteiger partial charge in [-0.05, 0) is 45.9 Å². The average molecular weight is 475 g/mol. The molecule has 0 saturated carbocycles. The molecule has 1 atom stereocenters. The molecule has 34 heavy (non-hydrogen) atoms. The molecule has 0 radical (unpaired) electrons. The van der Waals surface area contributed by atoms with Gasteiger partial charge >= 0.3 is 0 Å². The molecule has 0 N–H and O–H groups in total. The molecule has 6 nitrogen and oxygen atoms in total. The molecule has 4 rings (SSSR count). The van der Waals surface area contributed by atoms with Crippen LogP contribution in [-0.4, -0.2) is 44.6 Å². The molecule has 0 aliphatic carbocycles. The maximum atomic E-state index is 13.2. The number of carbonyl (C=O) groups excluding carboxylic acids is 1. The van der Waals surface area contributed by atoms with Gasteiger partial charge in [-0.1, -0.05) is 59.8 Å². The molecule has 2 heterocycles. The number of ketones is 1. The number of aromatic nitrogens is 4. The number of benzene rings is 2. The molecular weight excluding hydrogens is 444 g/mol. The van der Waals surface area contributed by atoms with E-state index in [9.17, 15) is 4.79 Å². The lowest BCUT2D eigenvalue weighted by molar-refractivity contribution is 0.102. The van der Waals surface area contributed by atoms with Crippen molar-refractivity contribution < 1.29 is 9.53 Å². The first-order valence-corrected chi connectivity index (χ1v) is 12.3. The van der Waals surface area contributed by atoms with E-state index in [1.165, 1.54) is 17.3 Å². The van der Waals surface area contributed by atoms with Crippen molar-refractivity contribution in [2.75, 3.05) is 19.5 Å². The minimum absolute atomic E-state index is 0.0775. The fraction of sp³-hybridized carbons (Fsp3) is 0.296. The first kappa shape index (κ1) is 24.0. The Bertz CT molecular complexity index is 1280. The van der Waals surface area contributed by atoms with Crippen molar-refractivity contribution in [3.63, 3.8) is 0 Å². The van der Waals surface area contributed by atoms with Crippen LogP contribution < -0.4 is 0 Å². The molecule has 0 bridgehead atoms. The minimum atomic E-state index is 0.0775. The second-order valence-corrected chi connectivity index (χ2v) is 9.46. The summed E-state index contributed by atoms with van der Waals surface area (Å²) in [6, 6.07) is 20.4. The molecular formula is C27H30N4O2S. The Labute approximate surface area is 205 Å². The third-order valence-corrected chi connectivity index (χ3v) is 6.85. The fourth-order valence-electron chi connectivity index (χ4n) is 4.33. The van der Waals surface area contributed by atoms with Gasteiger partial charge in [0.25, 0.3) is 0 Å². The summed E-state index contributed by atoms with van der Waals surface area (Å²) in [5.74, 6) is 1.11. The van der Waals surface area contributed by atoms with Crippen LogP contribution in [0.15, 0.2) is 65.8 Å². The number of aryl methyl sites for hydroxylation is 2. The molecule has 0 saturated heterocycles. The number of carbonyl (C=O) groups is 1. The van der Waals surface area contributed by atoms with E-state index in [4.69, 9.17) is 4.74 Å². The zero-order valence-electron chi connectivity index (χ0n) is 20.3. The van der Waals surface area contributed by atoms with Crippen LogP contribution in [0.25, 0.3) is 17.1 Å². The van der Waals surface area contributed by atoms with E-state index in [0.717, 1.165) is 34.0 Å². The van der Waals surface area contributed by atoms with E-state index in [2.05, 4.69) is 52.9 Å². The topological polar surface area (TPSA) is 61.9 Å². The largest absolute Gasteiger partial charge is 0.383 e. The van der Waals surface area contributed by atoms with Crippen molar-refractivity contribution in [1.82, 2.24) is 19.3 Å². The van der Waals surface area contributed by atoms with E-state index in [1.807, 2.05) is 54.8 Å². The molecule has 2 aromatic carbocycles. The fourth-order valence-corrected chi connectivity index (χ4v) is 5.16. The highest BCUT2D eigenvalue weighted by Crippen LogP contribution is 2.29. The first-order valence-electron chi connectivity index (χ1n) is 11.3. The lowest BCUT2D eigenvalue weighted by Gasteiger charge is -2.17. The third kappa shape index (κ3) is 4.86. The summed E-state index contributed by atoms with van der Waals surface area (Å²) in [5, 5.41) is 9.63. The lowest BCUT2D eigenvalue weighted by atomic mass is 10.2. The van der Waals surface area contributed by atoms with Gasteiger partial charge in [0.1, 0.15) is 0 Å². The van der Waals surface area contributed by atoms with E-state index >= 15 is 0 Å². The van der Waals surface area contributed by atoms with E-state index in [-0.39, 0.29) is 17.6 Å². The standard InChI is InChI=1S/C27H30N4O2S/c1-18-11-13-23(14-12-18)31-26(22-9-7-6-8-10-22)28-29-27(31)34-17-25(32)24-15-19(2)30(21(24)4)20(3)16-33-5/h6-15,20H,16-17H2,1-5H3/t20-/m1/s1. The summed E-state index contributed by atoms with van der Waals surface area (Å²) in [4.78, 5) is 13.2. The van der Waals surface area contributed by atoms with Gasteiger partial charge in [-0.15, -0.1) is 10.2 Å². The number of Topliss-reactive ketones (excluding diaryl/α,β-unsaturated/α-hetero) is 1. The normalized spacial score (nSPS) is 12.1. The summed E-state index contributed by atoms with van der Waals surface area (Å²) in [6.45, 7) is 8.79. The van der Waals surface area contributed by atoms with E-state index < -0.39 is 0 Å². The maximum Gasteiger partial charge on any atom is 0.196 e. The monoisotopic (exact) mass is 474 g/mol. The highest BCUT2D eigenvalue weighted by molar-refractivity contribution is 7.99. The number of methoxy groups -OCH3 is 1. The molecule has 4 aromatic rings. The summed E-state index contributed by atoms with van der Waals surface area (Å²) in [6.07, 6.45) is 0. The quantitative estimate of drug-likeness (QED) is 0.225. The summed E-state index contributed by atoms with van der Waals surface area (Å²) < 4.78 is 9.51. The second kappa shape index (κ2) is 10.4. The van der Waals surface area contributed by atoms with Crippen LogP contribution in [-0.2, 0) is 4.74 Å². The number of rotatable bonds is 9. The molecule has 7 heteroatoms. The van der Waals surface area contributed by atoms with Crippen LogP contribution in [0, 0.1) is 20.8 Å². The van der Waals surface area contributed by atoms with Crippen molar-refractivity contribution in [2.45, 2.75) is 38.9 Å². The number of hydrogen-bond acceptors (Lipinski definition) is 5. The molecule has 0 unspecified atom stereocenters. The summed E-state index contributed by atoms with van der Waals surface area (Å²) >= 11 is 1.41. The highest BCUT2D eigenvalue weighted by atomic mass is 32.2. The number of hydrogen-bond donors (Lipinski definition) is 0. The van der Waals surface area contributed by atoms with Crippen LogP contribution in [0.1, 0.15) is 40.3 Å². The molecule has 176 valence electrons. The van der Waals surface area contributed by atoms with Crippen LogP contribution in [0.5, 0.6) is 0 Å². The smallest absolute Gasteiger partial charge is 0.196 e. The predicted octanol–water partition coefficient (Wildman–Crippen LogP) is 5.84. The summed E-state index contributed by atoms with van der Waals surface area (Å²) in [7, 11) is 1.70. The zero-order chi connectivity index (χ0) is 24.2. The Morgan fingerprint density at radius 1 is 1.03 bits per heavy atom. The highest BCUT2D eigenvalue weighted by Gasteiger charge is 2.21. The van der Waals surface area contributed by atoms with E-state index in [1.54, 1.807) is 7.11 Å². The molecule has 2 aromatic heterocycles. The number of thioether (sulfide) groups is 1. The van der Waals surface area contributed by atoms with Gasteiger partial charge in [0.15, 0.2) is 16.8 Å².